The molecule has 1 unspecified atom stereocenters. The van der Waals surface area contributed by atoms with Gasteiger partial charge in [0.15, 0.2) is 11.5 Å². The lowest BCUT2D eigenvalue weighted by Gasteiger charge is -2.32. The Morgan fingerprint density at radius 1 is 1.21 bits per heavy atom. The highest BCUT2D eigenvalue weighted by atomic mass is 16.5. The molecule has 3 rings (SSSR count). The number of carboxylic acids is 1. The Balaban J connectivity index is 1.92. The summed E-state index contributed by atoms with van der Waals surface area (Å²) in [4.78, 5) is 13.9. The van der Waals surface area contributed by atoms with E-state index in [1.165, 1.54) is 0 Å². The van der Waals surface area contributed by atoms with Crippen LogP contribution in [0.25, 0.3) is 0 Å². The van der Waals surface area contributed by atoms with E-state index in [2.05, 4.69) is 5.10 Å². The van der Waals surface area contributed by atoms with Crippen LogP contribution in [-0.2, 0) is 17.9 Å². The molecule has 1 aromatic heterocycles. The summed E-state index contributed by atoms with van der Waals surface area (Å²) in [6.07, 6.45) is 0. The molecule has 2 aromatic rings. The van der Waals surface area contributed by atoms with Crippen LogP contribution >= 0.6 is 0 Å². The van der Waals surface area contributed by atoms with Crippen molar-refractivity contribution in [2.24, 2.45) is 0 Å². The fraction of sp³-hybridized carbons (Fsp3) is 0.412. The molecule has 24 heavy (non-hydrogen) atoms. The van der Waals surface area contributed by atoms with E-state index in [4.69, 9.17) is 9.47 Å². The van der Waals surface area contributed by atoms with Crippen molar-refractivity contribution in [3.63, 3.8) is 0 Å². The molecule has 7 nitrogen and oxygen atoms in total. The molecule has 1 atom stereocenters. The molecule has 0 radical (unpaired) electrons. The third kappa shape index (κ3) is 2.94. The second-order valence-electron chi connectivity index (χ2n) is 5.83. The molecule has 1 aromatic carbocycles. The molecule has 0 amide bonds. The Hall–Kier alpha value is -2.54. The van der Waals surface area contributed by atoms with E-state index in [0.717, 1.165) is 11.4 Å². The van der Waals surface area contributed by atoms with Gasteiger partial charge in [-0.1, -0.05) is 6.07 Å². The highest BCUT2D eigenvalue weighted by Crippen LogP contribution is 2.33. The highest BCUT2D eigenvalue weighted by Gasteiger charge is 2.31. The lowest BCUT2D eigenvalue weighted by atomic mass is 10.0. The summed E-state index contributed by atoms with van der Waals surface area (Å²) in [7, 11) is 3.10. The average Bonchev–Trinajstić information content (AvgIpc) is 2.93. The maximum atomic E-state index is 11.9. The first-order valence-corrected chi connectivity index (χ1v) is 7.75. The fourth-order valence-corrected chi connectivity index (χ4v) is 3.18. The number of methoxy groups -OCH3 is 2. The van der Waals surface area contributed by atoms with Gasteiger partial charge in [0, 0.05) is 13.1 Å². The number of nitrogens with zero attached hydrogens (tertiary/aromatic N) is 3. The Kier molecular flexibility index (Phi) is 4.44. The molecule has 1 N–H and O–H groups in total. The standard InChI is InChI=1S/C17H21N3O4/c1-11-8-13-10-19(6-7-20(13)18-11)16(17(21)22)12-4-5-14(23-2)15(9-12)24-3/h4-5,8-9,16H,6-7,10H2,1-3H3,(H,21,22). The Morgan fingerprint density at radius 2 is 1.96 bits per heavy atom. The van der Waals surface area contributed by atoms with E-state index in [9.17, 15) is 9.90 Å². The van der Waals surface area contributed by atoms with Crippen LogP contribution in [-0.4, -0.2) is 46.5 Å². The first-order valence-electron chi connectivity index (χ1n) is 7.75. The van der Waals surface area contributed by atoms with Crippen LogP contribution in [0.2, 0.25) is 0 Å². The smallest absolute Gasteiger partial charge is 0.325 e. The Labute approximate surface area is 140 Å². The van der Waals surface area contributed by atoms with Crippen LogP contribution in [0.3, 0.4) is 0 Å². The first kappa shape index (κ1) is 16.3. The minimum Gasteiger partial charge on any atom is -0.493 e. The van der Waals surface area contributed by atoms with Crippen molar-refractivity contribution in [1.82, 2.24) is 14.7 Å². The van der Waals surface area contributed by atoms with Crippen molar-refractivity contribution >= 4 is 5.97 Å². The molecule has 0 saturated heterocycles. The average molecular weight is 331 g/mol. The number of rotatable bonds is 5. The summed E-state index contributed by atoms with van der Waals surface area (Å²) < 4.78 is 12.5. The number of ether oxygens (including phenoxy) is 2. The third-order valence-corrected chi connectivity index (χ3v) is 4.27. The number of aromatic nitrogens is 2. The van der Waals surface area contributed by atoms with Crippen LogP contribution in [0.5, 0.6) is 11.5 Å². The fourth-order valence-electron chi connectivity index (χ4n) is 3.18. The number of aryl methyl sites for hydroxylation is 1. The summed E-state index contributed by atoms with van der Waals surface area (Å²) >= 11 is 0. The monoisotopic (exact) mass is 331 g/mol. The van der Waals surface area contributed by atoms with Crippen LogP contribution in [0.4, 0.5) is 0 Å². The molecular formula is C17H21N3O4. The number of benzene rings is 1. The van der Waals surface area contributed by atoms with Gasteiger partial charge in [-0.25, -0.2) is 0 Å². The maximum Gasteiger partial charge on any atom is 0.325 e. The van der Waals surface area contributed by atoms with Crippen molar-refractivity contribution in [1.29, 1.82) is 0 Å². The van der Waals surface area contributed by atoms with Gasteiger partial charge in [-0.15, -0.1) is 0 Å². The van der Waals surface area contributed by atoms with Gasteiger partial charge in [-0.05, 0) is 30.7 Å². The summed E-state index contributed by atoms with van der Waals surface area (Å²) in [6, 6.07) is 6.50. The molecule has 7 heteroatoms. The van der Waals surface area contributed by atoms with E-state index in [1.807, 2.05) is 22.6 Å². The quantitative estimate of drug-likeness (QED) is 0.901. The van der Waals surface area contributed by atoms with E-state index in [0.29, 0.717) is 36.7 Å². The van der Waals surface area contributed by atoms with Gasteiger partial charge >= 0.3 is 5.97 Å². The van der Waals surface area contributed by atoms with Gasteiger partial charge in [0.1, 0.15) is 6.04 Å². The Bertz CT molecular complexity index is 756. The molecule has 128 valence electrons. The SMILES string of the molecule is COc1ccc(C(C(=O)O)N2CCn3nc(C)cc3C2)cc1OC. The zero-order valence-corrected chi connectivity index (χ0v) is 14.0. The molecule has 0 saturated carbocycles. The van der Waals surface area contributed by atoms with Crippen molar-refractivity contribution in [2.75, 3.05) is 20.8 Å². The lowest BCUT2D eigenvalue weighted by Crippen LogP contribution is -2.40. The van der Waals surface area contributed by atoms with Crippen molar-refractivity contribution in [3.05, 3.63) is 41.2 Å². The zero-order chi connectivity index (χ0) is 17.3. The van der Waals surface area contributed by atoms with Crippen molar-refractivity contribution < 1.29 is 19.4 Å². The van der Waals surface area contributed by atoms with Gasteiger partial charge in [-0.3, -0.25) is 14.4 Å². The number of hydrogen-bond acceptors (Lipinski definition) is 5. The normalized spacial score (nSPS) is 15.6. The molecular weight excluding hydrogens is 310 g/mol. The minimum atomic E-state index is -0.882. The lowest BCUT2D eigenvalue weighted by molar-refractivity contribution is -0.144. The van der Waals surface area contributed by atoms with Gasteiger partial charge in [0.2, 0.25) is 0 Å². The predicted octanol–water partition coefficient (Wildman–Crippen LogP) is 1.85. The van der Waals surface area contributed by atoms with Crippen LogP contribution in [0, 0.1) is 6.92 Å². The minimum absolute atomic E-state index is 0.527. The highest BCUT2D eigenvalue weighted by molar-refractivity contribution is 5.76. The van der Waals surface area contributed by atoms with Gasteiger partial charge in [0.05, 0.1) is 32.2 Å². The van der Waals surface area contributed by atoms with Gasteiger partial charge in [-0.2, -0.15) is 5.10 Å². The van der Waals surface area contributed by atoms with E-state index < -0.39 is 12.0 Å². The molecule has 0 spiro atoms. The zero-order valence-electron chi connectivity index (χ0n) is 14.0. The van der Waals surface area contributed by atoms with E-state index in [1.54, 1.807) is 32.4 Å². The van der Waals surface area contributed by atoms with Gasteiger partial charge in [0.25, 0.3) is 0 Å². The molecule has 1 aliphatic heterocycles. The van der Waals surface area contributed by atoms with Crippen molar-refractivity contribution in [2.45, 2.75) is 26.1 Å². The number of carbonyl (C=O) groups is 1. The summed E-state index contributed by atoms with van der Waals surface area (Å²) in [5.41, 5.74) is 2.65. The summed E-state index contributed by atoms with van der Waals surface area (Å²) in [6.45, 7) is 3.80. The second kappa shape index (κ2) is 6.52. The largest absolute Gasteiger partial charge is 0.493 e. The molecule has 0 aliphatic carbocycles. The summed E-state index contributed by atoms with van der Waals surface area (Å²) in [5.74, 6) is 0.226. The predicted molar refractivity (Wildman–Crippen MR) is 87.3 cm³/mol. The third-order valence-electron chi connectivity index (χ3n) is 4.27. The van der Waals surface area contributed by atoms with E-state index >= 15 is 0 Å². The molecule has 2 heterocycles. The number of hydrogen-bond donors (Lipinski definition) is 1. The van der Waals surface area contributed by atoms with Crippen LogP contribution < -0.4 is 9.47 Å². The molecule has 0 fully saturated rings. The maximum absolute atomic E-state index is 11.9. The topological polar surface area (TPSA) is 76.8 Å². The van der Waals surface area contributed by atoms with Crippen molar-refractivity contribution in [3.8, 4) is 11.5 Å². The molecule has 1 aliphatic rings. The van der Waals surface area contributed by atoms with Crippen LogP contribution in [0.15, 0.2) is 24.3 Å². The Morgan fingerprint density at radius 3 is 2.62 bits per heavy atom. The number of carboxylic acid groups (broad SMARTS) is 1. The number of aliphatic carboxylic acids is 1. The summed E-state index contributed by atoms with van der Waals surface area (Å²) in [5, 5.41) is 14.2. The van der Waals surface area contributed by atoms with E-state index in [-0.39, 0.29) is 0 Å². The number of fused-ring (bicyclic) bond motifs is 1. The van der Waals surface area contributed by atoms with Gasteiger partial charge < -0.3 is 14.6 Å². The second-order valence-corrected chi connectivity index (χ2v) is 5.83. The van der Waals surface area contributed by atoms with Crippen LogP contribution in [0.1, 0.15) is 23.0 Å². The molecule has 0 bridgehead atoms. The first-order chi connectivity index (χ1) is 11.5.